The topological polar surface area (TPSA) is 59.4 Å². The van der Waals surface area contributed by atoms with Gasteiger partial charge in [0.1, 0.15) is 15.6 Å². The number of ether oxygens (including phenoxy) is 1. The van der Waals surface area contributed by atoms with Crippen LogP contribution in [-0.4, -0.2) is 23.2 Å². The second-order valence-corrected chi connectivity index (χ2v) is 6.09. The molecule has 1 heterocycles. The first-order valence-electron chi connectivity index (χ1n) is 6.18. The summed E-state index contributed by atoms with van der Waals surface area (Å²) < 4.78 is 5.30. The number of aromatic nitrogens is 1. The van der Waals surface area contributed by atoms with Crippen LogP contribution >= 0.6 is 22.9 Å². The van der Waals surface area contributed by atoms with Gasteiger partial charge in [-0.25, -0.2) is 9.78 Å². The molecule has 20 heavy (non-hydrogen) atoms. The quantitative estimate of drug-likeness (QED) is 0.925. The van der Waals surface area contributed by atoms with E-state index in [9.17, 15) is 9.90 Å². The van der Waals surface area contributed by atoms with Gasteiger partial charge < -0.3 is 9.84 Å². The minimum atomic E-state index is -0.913. The zero-order valence-corrected chi connectivity index (χ0v) is 12.3. The van der Waals surface area contributed by atoms with Crippen molar-refractivity contribution in [3.05, 3.63) is 33.8 Å². The number of methoxy groups -OCH3 is 1. The molecule has 1 saturated carbocycles. The van der Waals surface area contributed by atoms with Crippen molar-refractivity contribution in [1.29, 1.82) is 0 Å². The van der Waals surface area contributed by atoms with Crippen molar-refractivity contribution in [3.8, 4) is 16.3 Å². The minimum Gasteiger partial charge on any atom is -0.496 e. The van der Waals surface area contributed by atoms with Crippen molar-refractivity contribution < 1.29 is 14.6 Å². The van der Waals surface area contributed by atoms with Crippen LogP contribution in [0.2, 0.25) is 5.02 Å². The van der Waals surface area contributed by atoms with E-state index in [1.807, 2.05) is 6.07 Å². The van der Waals surface area contributed by atoms with Crippen molar-refractivity contribution in [2.45, 2.75) is 18.8 Å². The molecule has 1 N–H and O–H groups in total. The first kappa shape index (κ1) is 13.4. The maximum absolute atomic E-state index is 11.3. The standard InChI is InChI=1S/C14H12ClNO3S/c1-19-10-6-8(15)4-5-9(10)13-16-11(7-2-3-7)12(20-13)14(17)18/h4-7H,2-3H2,1H3,(H,17,18). The van der Waals surface area contributed by atoms with Gasteiger partial charge in [0.05, 0.1) is 18.4 Å². The first-order valence-corrected chi connectivity index (χ1v) is 7.37. The van der Waals surface area contributed by atoms with Gasteiger partial charge in [-0.1, -0.05) is 11.6 Å². The van der Waals surface area contributed by atoms with Crippen molar-refractivity contribution >= 4 is 28.9 Å². The highest BCUT2D eigenvalue weighted by Crippen LogP contribution is 2.45. The highest BCUT2D eigenvalue weighted by atomic mass is 35.5. The molecule has 3 rings (SSSR count). The van der Waals surface area contributed by atoms with E-state index in [0.717, 1.165) is 18.4 Å². The summed E-state index contributed by atoms with van der Waals surface area (Å²) in [6.07, 6.45) is 2.03. The number of benzene rings is 1. The summed E-state index contributed by atoms with van der Waals surface area (Å²) in [5, 5.41) is 10.5. The largest absolute Gasteiger partial charge is 0.496 e. The number of aromatic carboxylic acids is 1. The van der Waals surface area contributed by atoms with E-state index in [-0.39, 0.29) is 0 Å². The number of thiazole rings is 1. The molecule has 0 saturated heterocycles. The summed E-state index contributed by atoms with van der Waals surface area (Å²) in [6.45, 7) is 0. The van der Waals surface area contributed by atoms with Gasteiger partial charge in [-0.05, 0) is 31.0 Å². The van der Waals surface area contributed by atoms with E-state index in [1.165, 1.54) is 11.3 Å². The van der Waals surface area contributed by atoms with Crippen LogP contribution in [-0.2, 0) is 0 Å². The maximum atomic E-state index is 11.3. The number of carboxylic acid groups (broad SMARTS) is 1. The predicted octanol–water partition coefficient (Wildman–Crippen LogP) is 4.05. The monoisotopic (exact) mass is 309 g/mol. The van der Waals surface area contributed by atoms with E-state index >= 15 is 0 Å². The molecule has 0 radical (unpaired) electrons. The van der Waals surface area contributed by atoms with Gasteiger partial charge in [-0.2, -0.15) is 0 Å². The molecule has 1 aromatic carbocycles. The number of carbonyl (C=O) groups is 1. The van der Waals surface area contributed by atoms with Gasteiger partial charge in [-0.3, -0.25) is 0 Å². The highest BCUT2D eigenvalue weighted by molar-refractivity contribution is 7.17. The van der Waals surface area contributed by atoms with E-state index in [0.29, 0.717) is 32.3 Å². The SMILES string of the molecule is COc1cc(Cl)ccc1-c1nc(C2CC2)c(C(=O)O)s1. The van der Waals surface area contributed by atoms with Gasteiger partial charge in [0.25, 0.3) is 0 Å². The smallest absolute Gasteiger partial charge is 0.347 e. The molecule has 4 nitrogen and oxygen atoms in total. The number of nitrogens with zero attached hydrogens (tertiary/aromatic N) is 1. The molecule has 0 unspecified atom stereocenters. The summed E-state index contributed by atoms with van der Waals surface area (Å²) in [4.78, 5) is 16.2. The van der Waals surface area contributed by atoms with Crippen LogP contribution in [0, 0.1) is 0 Å². The Morgan fingerprint density at radius 2 is 2.25 bits per heavy atom. The lowest BCUT2D eigenvalue weighted by Gasteiger charge is -2.05. The Hall–Kier alpha value is -1.59. The molecule has 104 valence electrons. The van der Waals surface area contributed by atoms with Crippen molar-refractivity contribution in [3.63, 3.8) is 0 Å². The number of hydrogen-bond donors (Lipinski definition) is 1. The molecule has 1 fully saturated rings. The Morgan fingerprint density at radius 1 is 1.50 bits per heavy atom. The molecule has 0 spiro atoms. The fraction of sp³-hybridized carbons (Fsp3) is 0.286. The Kier molecular flexibility index (Phi) is 3.40. The van der Waals surface area contributed by atoms with Crippen LogP contribution < -0.4 is 4.74 Å². The summed E-state index contributed by atoms with van der Waals surface area (Å²) >= 11 is 7.13. The third-order valence-electron chi connectivity index (χ3n) is 3.21. The van der Waals surface area contributed by atoms with Crippen LogP contribution in [0.15, 0.2) is 18.2 Å². The van der Waals surface area contributed by atoms with Crippen LogP contribution in [0.3, 0.4) is 0 Å². The van der Waals surface area contributed by atoms with Gasteiger partial charge >= 0.3 is 5.97 Å². The van der Waals surface area contributed by atoms with Gasteiger partial charge in [0.2, 0.25) is 0 Å². The van der Waals surface area contributed by atoms with Crippen molar-refractivity contribution in [2.24, 2.45) is 0 Å². The predicted molar refractivity (Wildman–Crippen MR) is 78.0 cm³/mol. The molecular weight excluding hydrogens is 298 g/mol. The van der Waals surface area contributed by atoms with Crippen molar-refractivity contribution in [2.75, 3.05) is 7.11 Å². The molecule has 0 aliphatic heterocycles. The van der Waals surface area contributed by atoms with Gasteiger partial charge in [0, 0.05) is 10.9 Å². The molecule has 0 bridgehead atoms. The van der Waals surface area contributed by atoms with E-state index < -0.39 is 5.97 Å². The van der Waals surface area contributed by atoms with E-state index in [1.54, 1.807) is 19.2 Å². The minimum absolute atomic E-state index is 0.296. The maximum Gasteiger partial charge on any atom is 0.347 e. The summed E-state index contributed by atoms with van der Waals surface area (Å²) in [5.41, 5.74) is 1.48. The summed E-state index contributed by atoms with van der Waals surface area (Å²) in [5.74, 6) is -0.0153. The zero-order valence-electron chi connectivity index (χ0n) is 10.7. The lowest BCUT2D eigenvalue weighted by atomic mass is 10.2. The molecule has 0 amide bonds. The normalized spacial score (nSPS) is 14.3. The van der Waals surface area contributed by atoms with Gasteiger partial charge in [-0.15, -0.1) is 11.3 Å². The lowest BCUT2D eigenvalue weighted by molar-refractivity contribution is 0.0700. The first-order chi connectivity index (χ1) is 9.60. The Labute approximate surface area is 125 Å². The van der Waals surface area contributed by atoms with Crippen LogP contribution in [0.25, 0.3) is 10.6 Å². The Morgan fingerprint density at radius 3 is 2.85 bits per heavy atom. The van der Waals surface area contributed by atoms with Crippen LogP contribution in [0.4, 0.5) is 0 Å². The third kappa shape index (κ3) is 2.39. The average molecular weight is 310 g/mol. The highest BCUT2D eigenvalue weighted by Gasteiger charge is 2.32. The summed E-state index contributed by atoms with van der Waals surface area (Å²) in [7, 11) is 1.56. The second-order valence-electron chi connectivity index (χ2n) is 4.66. The second kappa shape index (κ2) is 5.07. The van der Waals surface area contributed by atoms with Crippen LogP contribution in [0.1, 0.15) is 34.1 Å². The van der Waals surface area contributed by atoms with E-state index in [4.69, 9.17) is 16.3 Å². The average Bonchev–Trinajstić information content (AvgIpc) is 3.17. The zero-order chi connectivity index (χ0) is 14.3. The fourth-order valence-corrected chi connectivity index (χ4v) is 3.26. The number of hydrogen-bond acceptors (Lipinski definition) is 4. The lowest BCUT2D eigenvalue weighted by Crippen LogP contribution is -1.97. The molecule has 6 heteroatoms. The van der Waals surface area contributed by atoms with Crippen molar-refractivity contribution in [1.82, 2.24) is 4.98 Å². The third-order valence-corrected chi connectivity index (χ3v) is 4.53. The number of rotatable bonds is 4. The Balaban J connectivity index is 2.10. The molecule has 1 aliphatic carbocycles. The van der Waals surface area contributed by atoms with Crippen LogP contribution in [0.5, 0.6) is 5.75 Å². The molecular formula is C14H12ClNO3S. The number of carboxylic acids is 1. The Bertz CT molecular complexity index is 679. The molecule has 1 aliphatic rings. The van der Waals surface area contributed by atoms with Gasteiger partial charge in [0.15, 0.2) is 0 Å². The summed E-state index contributed by atoms with van der Waals surface area (Å²) in [6, 6.07) is 5.26. The molecule has 0 atom stereocenters. The van der Waals surface area contributed by atoms with E-state index in [2.05, 4.69) is 4.98 Å². The molecule has 2 aromatic rings. The number of halogens is 1. The fourth-order valence-electron chi connectivity index (χ4n) is 2.08. The molecule has 1 aromatic heterocycles.